The zero-order valence-electron chi connectivity index (χ0n) is 15.5. The van der Waals surface area contributed by atoms with Gasteiger partial charge in [-0.15, -0.1) is 0 Å². The molecule has 0 fully saturated rings. The number of ketones is 1. The van der Waals surface area contributed by atoms with Crippen LogP contribution in [-0.4, -0.2) is 10.8 Å². The highest BCUT2D eigenvalue weighted by Crippen LogP contribution is 2.48. The highest BCUT2D eigenvalue weighted by Gasteiger charge is 2.33. The van der Waals surface area contributed by atoms with Crippen LogP contribution in [0.1, 0.15) is 15.9 Å². The molecular formula is C27H15NO. The number of para-hydroxylation sites is 1. The number of carbonyl (C=O) groups excluding carboxylic acids is 1. The van der Waals surface area contributed by atoms with Crippen molar-refractivity contribution >= 4 is 49.1 Å². The first-order chi connectivity index (χ1) is 14.3. The van der Waals surface area contributed by atoms with Crippen LogP contribution in [0.15, 0.2) is 84.9 Å². The van der Waals surface area contributed by atoms with Crippen molar-refractivity contribution in [2.24, 2.45) is 0 Å². The normalized spacial score (nSPS) is 12.9. The maximum atomic E-state index is 13.8. The van der Waals surface area contributed by atoms with Gasteiger partial charge in [0.05, 0.1) is 11.1 Å². The lowest BCUT2D eigenvalue weighted by molar-refractivity contribution is 0.104. The smallest absolute Gasteiger partial charge is 0.197 e. The number of carbonyl (C=O) groups is 1. The maximum absolute atomic E-state index is 13.8. The highest BCUT2D eigenvalue weighted by molar-refractivity contribution is 6.38. The van der Waals surface area contributed by atoms with Crippen molar-refractivity contribution in [1.29, 1.82) is 0 Å². The van der Waals surface area contributed by atoms with E-state index in [0.717, 1.165) is 60.2 Å². The van der Waals surface area contributed by atoms with Crippen molar-refractivity contribution in [3.8, 4) is 11.1 Å². The summed E-state index contributed by atoms with van der Waals surface area (Å²) >= 11 is 0. The van der Waals surface area contributed by atoms with Crippen LogP contribution >= 0.6 is 0 Å². The second kappa shape index (κ2) is 5.12. The standard InChI is InChI=1S/C27H15NO/c29-27-24-16-8-2-1-7-15(16)13-14-20(24)22-17-9-3-4-10-18(17)23-19-11-5-6-12-21(19)28-26(23)25(22)27/h1-14,28H. The van der Waals surface area contributed by atoms with E-state index in [-0.39, 0.29) is 5.78 Å². The lowest BCUT2D eigenvalue weighted by Crippen LogP contribution is -1.98. The fourth-order valence-corrected chi connectivity index (χ4v) is 5.14. The summed E-state index contributed by atoms with van der Waals surface area (Å²) in [6.45, 7) is 0. The molecule has 0 amide bonds. The molecule has 5 aromatic carbocycles. The van der Waals surface area contributed by atoms with Gasteiger partial charge in [-0.1, -0.05) is 78.9 Å². The molecule has 0 unspecified atom stereocenters. The van der Waals surface area contributed by atoms with Crippen molar-refractivity contribution in [1.82, 2.24) is 4.98 Å². The predicted octanol–water partition coefficient (Wildman–Crippen LogP) is 6.84. The fourth-order valence-electron chi connectivity index (χ4n) is 5.14. The molecule has 0 atom stereocenters. The summed E-state index contributed by atoms with van der Waals surface area (Å²) in [7, 11) is 0. The Bertz CT molecular complexity index is 1670. The monoisotopic (exact) mass is 369 g/mol. The van der Waals surface area contributed by atoms with Gasteiger partial charge in [0, 0.05) is 27.4 Å². The first-order valence-corrected chi connectivity index (χ1v) is 9.85. The summed E-state index contributed by atoms with van der Waals surface area (Å²) in [5, 5.41) is 6.76. The summed E-state index contributed by atoms with van der Waals surface area (Å²) in [5.74, 6) is 0.120. The second-order valence-corrected chi connectivity index (χ2v) is 7.75. The van der Waals surface area contributed by atoms with Crippen molar-refractivity contribution in [3.05, 3.63) is 96.1 Å². The Morgan fingerprint density at radius 2 is 1.24 bits per heavy atom. The number of rotatable bonds is 0. The molecule has 6 aromatic rings. The summed E-state index contributed by atoms with van der Waals surface area (Å²) < 4.78 is 0. The number of H-pyrrole nitrogens is 1. The summed E-state index contributed by atoms with van der Waals surface area (Å²) in [6.07, 6.45) is 0. The molecule has 1 aliphatic carbocycles. The molecule has 29 heavy (non-hydrogen) atoms. The average Bonchev–Trinajstić information content (AvgIpc) is 3.30. The molecule has 1 heterocycles. The van der Waals surface area contributed by atoms with Crippen LogP contribution in [0.25, 0.3) is 54.5 Å². The van der Waals surface area contributed by atoms with Gasteiger partial charge in [0.15, 0.2) is 5.78 Å². The number of hydrogen-bond donors (Lipinski definition) is 1. The molecule has 0 spiro atoms. The zero-order chi connectivity index (χ0) is 19.1. The fraction of sp³-hybridized carbons (Fsp3) is 0. The summed E-state index contributed by atoms with van der Waals surface area (Å²) in [5.41, 5.74) is 5.75. The molecule has 0 aliphatic heterocycles. The van der Waals surface area contributed by atoms with Gasteiger partial charge < -0.3 is 4.98 Å². The van der Waals surface area contributed by atoms with Gasteiger partial charge in [-0.3, -0.25) is 4.79 Å². The average molecular weight is 369 g/mol. The topological polar surface area (TPSA) is 32.9 Å². The minimum Gasteiger partial charge on any atom is -0.354 e. The van der Waals surface area contributed by atoms with Gasteiger partial charge in [0.1, 0.15) is 0 Å². The highest BCUT2D eigenvalue weighted by atomic mass is 16.1. The van der Waals surface area contributed by atoms with Crippen molar-refractivity contribution in [2.45, 2.75) is 0 Å². The minimum atomic E-state index is 0.120. The van der Waals surface area contributed by atoms with Crippen LogP contribution in [-0.2, 0) is 0 Å². The lowest BCUT2D eigenvalue weighted by atomic mass is 9.93. The van der Waals surface area contributed by atoms with Crippen LogP contribution in [0.3, 0.4) is 0 Å². The van der Waals surface area contributed by atoms with Crippen molar-refractivity contribution in [2.75, 3.05) is 0 Å². The number of nitrogens with one attached hydrogen (secondary N) is 1. The van der Waals surface area contributed by atoms with Crippen LogP contribution in [0.5, 0.6) is 0 Å². The van der Waals surface area contributed by atoms with E-state index in [1.54, 1.807) is 0 Å². The third kappa shape index (κ3) is 1.74. The zero-order valence-corrected chi connectivity index (χ0v) is 15.5. The van der Waals surface area contributed by atoms with Crippen molar-refractivity contribution in [3.63, 3.8) is 0 Å². The number of hydrogen-bond acceptors (Lipinski definition) is 1. The van der Waals surface area contributed by atoms with Gasteiger partial charge in [-0.2, -0.15) is 0 Å². The van der Waals surface area contributed by atoms with E-state index < -0.39 is 0 Å². The largest absolute Gasteiger partial charge is 0.354 e. The first kappa shape index (κ1) is 15.1. The van der Waals surface area contributed by atoms with Crippen LogP contribution in [0.4, 0.5) is 0 Å². The van der Waals surface area contributed by atoms with Gasteiger partial charge in [-0.25, -0.2) is 0 Å². The van der Waals surface area contributed by atoms with Gasteiger partial charge in [-0.05, 0) is 33.2 Å². The lowest BCUT2D eigenvalue weighted by Gasteiger charge is -2.09. The van der Waals surface area contributed by atoms with Gasteiger partial charge >= 0.3 is 0 Å². The Morgan fingerprint density at radius 1 is 0.552 bits per heavy atom. The molecule has 0 saturated carbocycles. The minimum absolute atomic E-state index is 0.120. The van der Waals surface area contributed by atoms with Crippen LogP contribution in [0.2, 0.25) is 0 Å². The SMILES string of the molecule is O=C1c2c(ccc3ccccc23)-c2c1c1[nH]c3ccccc3c1c1ccccc21. The molecule has 1 N–H and O–H groups in total. The molecule has 0 saturated heterocycles. The Labute approximate surface area is 166 Å². The molecule has 2 nitrogen and oxygen atoms in total. The maximum Gasteiger partial charge on any atom is 0.197 e. The van der Waals surface area contributed by atoms with E-state index >= 15 is 0 Å². The molecule has 0 radical (unpaired) electrons. The molecule has 1 aromatic heterocycles. The van der Waals surface area contributed by atoms with Crippen molar-refractivity contribution < 1.29 is 4.79 Å². The molecular weight excluding hydrogens is 354 g/mol. The van der Waals surface area contributed by atoms with Crippen LogP contribution < -0.4 is 0 Å². The van der Waals surface area contributed by atoms with E-state index in [4.69, 9.17) is 0 Å². The molecule has 7 rings (SSSR count). The predicted molar refractivity (Wildman–Crippen MR) is 120 cm³/mol. The molecule has 1 aliphatic rings. The Morgan fingerprint density at radius 3 is 2.10 bits per heavy atom. The Kier molecular flexibility index (Phi) is 2.66. The summed E-state index contributed by atoms with van der Waals surface area (Å²) in [4.78, 5) is 17.4. The Balaban J connectivity index is 1.78. The van der Waals surface area contributed by atoms with E-state index in [2.05, 4.69) is 71.7 Å². The van der Waals surface area contributed by atoms with E-state index in [1.165, 1.54) is 5.39 Å². The first-order valence-electron chi connectivity index (χ1n) is 9.85. The molecule has 2 heteroatoms. The molecule has 0 bridgehead atoms. The van der Waals surface area contributed by atoms with Gasteiger partial charge in [0.2, 0.25) is 0 Å². The van der Waals surface area contributed by atoms with E-state index in [1.807, 2.05) is 18.2 Å². The quantitative estimate of drug-likeness (QED) is 0.312. The summed E-state index contributed by atoms with van der Waals surface area (Å²) in [6, 6.07) is 29.2. The van der Waals surface area contributed by atoms with Gasteiger partial charge in [0.25, 0.3) is 0 Å². The number of aromatic nitrogens is 1. The van der Waals surface area contributed by atoms with Crippen LogP contribution in [0, 0.1) is 0 Å². The van der Waals surface area contributed by atoms with E-state index in [0.29, 0.717) is 0 Å². The number of aromatic amines is 1. The number of benzene rings is 5. The van der Waals surface area contributed by atoms with E-state index in [9.17, 15) is 4.79 Å². The Hall–Kier alpha value is -3.91. The number of fused-ring (bicyclic) bond motifs is 12. The third-order valence-corrected chi connectivity index (χ3v) is 6.32. The second-order valence-electron chi connectivity index (χ2n) is 7.75. The third-order valence-electron chi connectivity index (χ3n) is 6.32. The molecule has 134 valence electrons.